The van der Waals surface area contributed by atoms with Gasteiger partial charge in [0.1, 0.15) is 0 Å². The van der Waals surface area contributed by atoms with E-state index in [1.165, 1.54) is 12.0 Å². The molecule has 1 aliphatic carbocycles. The van der Waals surface area contributed by atoms with Crippen LogP contribution in [0.2, 0.25) is 0 Å². The molecule has 1 aromatic carbocycles. The quantitative estimate of drug-likeness (QED) is 0.864. The van der Waals surface area contributed by atoms with Crippen molar-refractivity contribution in [1.82, 2.24) is 5.32 Å². The maximum Gasteiger partial charge on any atom is 0.159 e. The molecule has 18 heavy (non-hydrogen) atoms. The first-order valence-corrected chi connectivity index (χ1v) is 6.84. The van der Waals surface area contributed by atoms with Gasteiger partial charge in [-0.25, -0.2) is 0 Å². The zero-order valence-corrected chi connectivity index (χ0v) is 10.8. The third-order valence-electron chi connectivity index (χ3n) is 4.09. The van der Waals surface area contributed by atoms with Crippen molar-refractivity contribution in [2.45, 2.75) is 31.1 Å². The Balaban J connectivity index is 1.57. The molecular formula is C15H21NO2. The van der Waals surface area contributed by atoms with Gasteiger partial charge in [0.25, 0.3) is 0 Å². The Kier molecular flexibility index (Phi) is 3.64. The number of rotatable bonds is 5. The summed E-state index contributed by atoms with van der Waals surface area (Å²) in [6, 6.07) is 11.3. The average Bonchev–Trinajstić information content (AvgIpc) is 3.05. The summed E-state index contributed by atoms with van der Waals surface area (Å²) in [6.45, 7) is 1.49. The fourth-order valence-electron chi connectivity index (χ4n) is 3.00. The molecule has 3 unspecified atom stereocenters. The van der Waals surface area contributed by atoms with Crippen molar-refractivity contribution < 1.29 is 9.47 Å². The molecule has 3 rings (SSSR count). The number of nitrogens with one attached hydrogen (secondary N) is 1. The van der Waals surface area contributed by atoms with E-state index in [0.717, 1.165) is 25.6 Å². The highest BCUT2D eigenvalue weighted by Crippen LogP contribution is 2.50. The van der Waals surface area contributed by atoms with Crippen molar-refractivity contribution >= 4 is 0 Å². The number of hydrogen-bond donors (Lipinski definition) is 1. The van der Waals surface area contributed by atoms with Crippen molar-refractivity contribution in [1.29, 1.82) is 0 Å². The number of benzene rings is 1. The van der Waals surface area contributed by atoms with Gasteiger partial charge in [-0.2, -0.15) is 0 Å². The molecule has 3 atom stereocenters. The molecule has 1 heterocycles. The Morgan fingerprint density at radius 2 is 1.94 bits per heavy atom. The van der Waals surface area contributed by atoms with Crippen LogP contribution in [0.1, 0.15) is 24.3 Å². The second-order valence-electron chi connectivity index (χ2n) is 5.22. The highest BCUT2D eigenvalue weighted by Gasteiger charge is 2.44. The van der Waals surface area contributed by atoms with Crippen molar-refractivity contribution in [2.75, 3.05) is 20.3 Å². The lowest BCUT2D eigenvalue weighted by molar-refractivity contribution is -0.0537. The molecule has 0 amide bonds. The van der Waals surface area contributed by atoms with E-state index in [9.17, 15) is 0 Å². The summed E-state index contributed by atoms with van der Waals surface area (Å²) in [5.41, 5.74) is 1.47. The van der Waals surface area contributed by atoms with E-state index in [0.29, 0.717) is 12.0 Å². The molecule has 0 spiro atoms. The highest BCUT2D eigenvalue weighted by atomic mass is 16.7. The van der Waals surface area contributed by atoms with E-state index in [4.69, 9.17) is 9.47 Å². The largest absolute Gasteiger partial charge is 0.350 e. The van der Waals surface area contributed by atoms with Crippen molar-refractivity contribution in [3.8, 4) is 0 Å². The van der Waals surface area contributed by atoms with Gasteiger partial charge in [0.2, 0.25) is 0 Å². The first-order chi connectivity index (χ1) is 8.88. The highest BCUT2D eigenvalue weighted by molar-refractivity contribution is 5.26. The first kappa shape index (κ1) is 12.2. The van der Waals surface area contributed by atoms with Crippen LogP contribution in [0.25, 0.3) is 0 Å². The molecule has 0 radical (unpaired) electrons. The zero-order valence-electron chi connectivity index (χ0n) is 10.8. The average molecular weight is 247 g/mol. The molecule has 1 aliphatic heterocycles. The van der Waals surface area contributed by atoms with Gasteiger partial charge in [0.15, 0.2) is 6.29 Å². The van der Waals surface area contributed by atoms with Crippen LogP contribution in [0, 0.1) is 5.92 Å². The number of ether oxygens (including phenoxy) is 2. The Morgan fingerprint density at radius 3 is 2.61 bits per heavy atom. The van der Waals surface area contributed by atoms with Gasteiger partial charge in [0.05, 0.1) is 13.2 Å². The first-order valence-electron chi connectivity index (χ1n) is 6.84. The Hall–Kier alpha value is -0.900. The van der Waals surface area contributed by atoms with E-state index in [2.05, 4.69) is 35.6 Å². The van der Waals surface area contributed by atoms with Crippen LogP contribution in [-0.4, -0.2) is 32.6 Å². The lowest BCUT2D eigenvalue weighted by Crippen LogP contribution is -2.32. The summed E-state index contributed by atoms with van der Waals surface area (Å²) < 4.78 is 11.1. The molecule has 1 saturated carbocycles. The smallest absolute Gasteiger partial charge is 0.159 e. The van der Waals surface area contributed by atoms with Gasteiger partial charge in [-0.05, 0) is 30.9 Å². The Morgan fingerprint density at radius 1 is 1.22 bits per heavy atom. The summed E-state index contributed by atoms with van der Waals surface area (Å²) in [4.78, 5) is 0. The maximum atomic E-state index is 5.54. The topological polar surface area (TPSA) is 30.5 Å². The van der Waals surface area contributed by atoms with Crippen molar-refractivity contribution in [2.24, 2.45) is 5.92 Å². The second-order valence-corrected chi connectivity index (χ2v) is 5.22. The van der Waals surface area contributed by atoms with E-state index in [1.54, 1.807) is 0 Å². The summed E-state index contributed by atoms with van der Waals surface area (Å²) in [5, 5.41) is 3.43. The molecule has 2 fully saturated rings. The predicted octanol–water partition coefficient (Wildman–Crippen LogP) is 2.14. The normalized spacial score (nSPS) is 29.4. The van der Waals surface area contributed by atoms with Crippen LogP contribution in [0.4, 0.5) is 0 Å². The molecule has 3 heteroatoms. The summed E-state index contributed by atoms with van der Waals surface area (Å²) >= 11 is 0. The summed E-state index contributed by atoms with van der Waals surface area (Å²) in [7, 11) is 2.04. The van der Waals surface area contributed by atoms with Crippen LogP contribution < -0.4 is 5.32 Å². The molecule has 0 aromatic heterocycles. The van der Waals surface area contributed by atoms with Crippen molar-refractivity contribution in [3.05, 3.63) is 35.9 Å². The molecule has 0 bridgehead atoms. The monoisotopic (exact) mass is 247 g/mol. The van der Waals surface area contributed by atoms with Crippen LogP contribution in [-0.2, 0) is 9.47 Å². The third kappa shape index (κ3) is 2.58. The number of hydrogen-bond acceptors (Lipinski definition) is 3. The van der Waals surface area contributed by atoms with Gasteiger partial charge in [-0.1, -0.05) is 30.3 Å². The lowest BCUT2D eigenvalue weighted by Gasteiger charge is -2.19. The van der Waals surface area contributed by atoms with Crippen LogP contribution in [0.3, 0.4) is 0 Å². The lowest BCUT2D eigenvalue weighted by atomic mass is 10.0. The molecule has 2 aliphatic rings. The van der Waals surface area contributed by atoms with E-state index >= 15 is 0 Å². The minimum Gasteiger partial charge on any atom is -0.350 e. The van der Waals surface area contributed by atoms with Crippen molar-refractivity contribution in [3.63, 3.8) is 0 Å². The molecular weight excluding hydrogens is 226 g/mol. The Bertz CT molecular complexity index is 375. The van der Waals surface area contributed by atoms with Gasteiger partial charge in [-0.15, -0.1) is 0 Å². The van der Waals surface area contributed by atoms with E-state index in [1.807, 2.05) is 7.05 Å². The van der Waals surface area contributed by atoms with Crippen LogP contribution in [0.5, 0.6) is 0 Å². The van der Waals surface area contributed by atoms with Gasteiger partial charge in [-0.3, -0.25) is 0 Å². The second kappa shape index (κ2) is 5.39. The summed E-state index contributed by atoms with van der Waals surface area (Å²) in [6.07, 6.45) is 2.24. The standard InChI is InChI=1S/C15H21NO2/c1-16-14(10-15-17-7-8-18-15)13-9-12(13)11-5-3-2-4-6-11/h2-6,12-16H,7-10H2,1H3. The van der Waals surface area contributed by atoms with Crippen LogP contribution in [0.15, 0.2) is 30.3 Å². The fraction of sp³-hybridized carbons (Fsp3) is 0.600. The summed E-state index contributed by atoms with van der Waals surface area (Å²) in [5.74, 6) is 1.44. The molecule has 1 aromatic rings. The fourth-order valence-corrected chi connectivity index (χ4v) is 3.00. The van der Waals surface area contributed by atoms with E-state index in [-0.39, 0.29) is 6.29 Å². The molecule has 3 nitrogen and oxygen atoms in total. The minimum atomic E-state index is -0.000488. The Labute approximate surface area is 108 Å². The van der Waals surface area contributed by atoms with Gasteiger partial charge < -0.3 is 14.8 Å². The molecule has 1 N–H and O–H groups in total. The molecule has 1 saturated heterocycles. The SMILES string of the molecule is CNC(CC1OCCO1)C1CC1c1ccccc1. The maximum absolute atomic E-state index is 5.54. The van der Waals surface area contributed by atoms with Gasteiger partial charge >= 0.3 is 0 Å². The third-order valence-corrected chi connectivity index (χ3v) is 4.09. The minimum absolute atomic E-state index is 0.000488. The van der Waals surface area contributed by atoms with E-state index < -0.39 is 0 Å². The van der Waals surface area contributed by atoms with Gasteiger partial charge in [0, 0.05) is 12.5 Å². The zero-order chi connectivity index (χ0) is 12.4. The predicted molar refractivity (Wildman–Crippen MR) is 70.4 cm³/mol. The van der Waals surface area contributed by atoms with Crippen LogP contribution >= 0.6 is 0 Å². The molecule has 98 valence electrons.